The van der Waals surface area contributed by atoms with Crippen molar-refractivity contribution in [1.82, 2.24) is 10.3 Å². The maximum Gasteiger partial charge on any atom is 0.513 e. The summed E-state index contributed by atoms with van der Waals surface area (Å²) in [4.78, 5) is 11.1. The summed E-state index contributed by atoms with van der Waals surface area (Å²) >= 11 is 0. The number of aromatic nitrogens is 2. The third kappa shape index (κ3) is 3.08. The Labute approximate surface area is 108 Å². The Morgan fingerprint density at radius 2 is 2.05 bits per heavy atom. The summed E-state index contributed by atoms with van der Waals surface area (Å²) in [7, 11) is 0. The maximum atomic E-state index is 11.1. The highest BCUT2D eigenvalue weighted by molar-refractivity contribution is 5.66. The van der Waals surface area contributed by atoms with Crippen molar-refractivity contribution in [3.05, 3.63) is 30.0 Å². The highest BCUT2D eigenvalue weighted by Gasteiger charge is 2.12. The molecule has 0 aliphatic rings. The number of hydrogen-bond donors (Lipinski definition) is 1. The molecule has 1 heterocycles. The average molecular weight is 264 g/mol. The molecule has 0 unspecified atom stereocenters. The minimum Gasteiger partial charge on any atom is -0.434 e. The zero-order valence-corrected chi connectivity index (χ0v) is 10.2. The Balaban J connectivity index is 2.12. The molecule has 0 saturated carbocycles. The minimum absolute atomic E-state index is 0.251. The monoisotopic (exact) mass is 264 g/mol. The Bertz CT molecular complexity index is 550. The largest absolute Gasteiger partial charge is 0.513 e. The standard InChI is InChI=1S/C12H12N2O5/c1-2-17-12(16)18-9-5-3-8(4-6-9)11-10(7-15)13-19-14-11/h3-6,15H,2,7H2,1H3. The van der Waals surface area contributed by atoms with E-state index < -0.39 is 6.16 Å². The highest BCUT2D eigenvalue weighted by Crippen LogP contribution is 2.23. The van der Waals surface area contributed by atoms with Gasteiger partial charge < -0.3 is 14.6 Å². The van der Waals surface area contributed by atoms with Crippen LogP contribution in [-0.4, -0.2) is 28.2 Å². The molecule has 100 valence electrons. The SMILES string of the molecule is CCOC(=O)Oc1ccc(-c2nonc2CO)cc1. The van der Waals surface area contributed by atoms with Crippen LogP contribution in [0, 0.1) is 0 Å². The molecule has 0 fully saturated rings. The van der Waals surface area contributed by atoms with Gasteiger partial charge in [0.1, 0.15) is 17.1 Å². The van der Waals surface area contributed by atoms with E-state index >= 15 is 0 Å². The van der Waals surface area contributed by atoms with Gasteiger partial charge >= 0.3 is 6.16 Å². The molecule has 0 aliphatic heterocycles. The van der Waals surface area contributed by atoms with Crippen molar-refractivity contribution in [3.63, 3.8) is 0 Å². The lowest BCUT2D eigenvalue weighted by Crippen LogP contribution is -2.09. The van der Waals surface area contributed by atoms with Gasteiger partial charge in [-0.25, -0.2) is 9.42 Å². The van der Waals surface area contributed by atoms with Gasteiger partial charge in [0.05, 0.1) is 13.2 Å². The van der Waals surface area contributed by atoms with Crippen LogP contribution >= 0.6 is 0 Å². The number of rotatable bonds is 4. The predicted molar refractivity (Wildman–Crippen MR) is 63.3 cm³/mol. The molecular formula is C12H12N2O5. The zero-order chi connectivity index (χ0) is 13.7. The first-order chi connectivity index (χ1) is 9.24. The van der Waals surface area contributed by atoms with Crippen LogP contribution in [0.1, 0.15) is 12.6 Å². The molecule has 0 radical (unpaired) electrons. The second kappa shape index (κ2) is 5.96. The number of ether oxygens (including phenoxy) is 2. The first-order valence-corrected chi connectivity index (χ1v) is 5.62. The number of aliphatic hydroxyl groups is 1. The molecule has 7 heteroatoms. The van der Waals surface area contributed by atoms with Crippen molar-refractivity contribution in [2.75, 3.05) is 6.61 Å². The number of nitrogens with zero attached hydrogens (tertiary/aromatic N) is 2. The molecule has 2 aromatic rings. The van der Waals surface area contributed by atoms with Gasteiger partial charge in [0, 0.05) is 5.56 Å². The molecule has 0 bridgehead atoms. The summed E-state index contributed by atoms with van der Waals surface area (Å²) in [5, 5.41) is 16.3. The third-order valence-corrected chi connectivity index (χ3v) is 2.30. The fourth-order valence-corrected chi connectivity index (χ4v) is 1.45. The van der Waals surface area contributed by atoms with Crippen LogP contribution in [-0.2, 0) is 11.3 Å². The summed E-state index contributed by atoms with van der Waals surface area (Å²) in [6.07, 6.45) is -0.755. The van der Waals surface area contributed by atoms with Crippen molar-refractivity contribution < 1.29 is 24.0 Å². The molecule has 0 amide bonds. The summed E-state index contributed by atoms with van der Waals surface area (Å²) in [6.45, 7) is 1.68. The van der Waals surface area contributed by atoms with Gasteiger partial charge in [-0.05, 0) is 36.3 Å². The smallest absolute Gasteiger partial charge is 0.434 e. The average Bonchev–Trinajstić information content (AvgIpc) is 2.88. The maximum absolute atomic E-state index is 11.1. The third-order valence-electron chi connectivity index (χ3n) is 2.30. The van der Waals surface area contributed by atoms with Crippen LogP contribution in [0.4, 0.5) is 4.79 Å². The van der Waals surface area contributed by atoms with E-state index in [1.54, 1.807) is 31.2 Å². The molecule has 0 atom stereocenters. The summed E-state index contributed by atoms with van der Waals surface area (Å²) in [6, 6.07) is 6.52. The van der Waals surface area contributed by atoms with Crippen LogP contribution in [0.15, 0.2) is 28.9 Å². The molecule has 7 nitrogen and oxygen atoms in total. The lowest BCUT2D eigenvalue weighted by molar-refractivity contribution is 0.104. The van der Waals surface area contributed by atoms with Gasteiger partial charge in [-0.1, -0.05) is 5.16 Å². The number of benzene rings is 1. The molecule has 0 aliphatic carbocycles. The van der Waals surface area contributed by atoms with Crippen molar-refractivity contribution in [3.8, 4) is 17.0 Å². The Hall–Kier alpha value is -2.41. The molecule has 0 saturated heterocycles. The number of hydrogen-bond acceptors (Lipinski definition) is 7. The topological polar surface area (TPSA) is 94.7 Å². The minimum atomic E-state index is -0.755. The van der Waals surface area contributed by atoms with Gasteiger partial charge in [-0.3, -0.25) is 0 Å². The fourth-order valence-electron chi connectivity index (χ4n) is 1.45. The number of carbonyl (C=O) groups is 1. The van der Waals surface area contributed by atoms with Gasteiger partial charge in [-0.2, -0.15) is 0 Å². The Morgan fingerprint density at radius 3 is 2.68 bits per heavy atom. The normalized spacial score (nSPS) is 10.2. The van der Waals surface area contributed by atoms with Crippen LogP contribution in [0.2, 0.25) is 0 Å². The van der Waals surface area contributed by atoms with E-state index in [-0.39, 0.29) is 13.2 Å². The molecule has 19 heavy (non-hydrogen) atoms. The molecule has 1 aromatic carbocycles. The lowest BCUT2D eigenvalue weighted by Gasteiger charge is -2.04. The first kappa shape index (κ1) is 13.0. The molecule has 0 spiro atoms. The molecule has 1 aromatic heterocycles. The number of carbonyl (C=O) groups excluding carboxylic acids is 1. The fraction of sp³-hybridized carbons (Fsp3) is 0.250. The van der Waals surface area contributed by atoms with Gasteiger partial charge in [-0.15, -0.1) is 0 Å². The lowest BCUT2D eigenvalue weighted by atomic mass is 10.1. The van der Waals surface area contributed by atoms with E-state index in [0.29, 0.717) is 22.7 Å². The van der Waals surface area contributed by atoms with E-state index in [1.165, 1.54) is 0 Å². The molecule has 1 N–H and O–H groups in total. The Kier molecular flexibility index (Phi) is 4.09. The van der Waals surface area contributed by atoms with Crippen molar-refractivity contribution in [2.24, 2.45) is 0 Å². The van der Waals surface area contributed by atoms with Crippen molar-refractivity contribution >= 4 is 6.16 Å². The van der Waals surface area contributed by atoms with Crippen LogP contribution in [0.25, 0.3) is 11.3 Å². The molecular weight excluding hydrogens is 252 g/mol. The van der Waals surface area contributed by atoms with Crippen molar-refractivity contribution in [1.29, 1.82) is 0 Å². The molecule has 2 rings (SSSR count). The van der Waals surface area contributed by atoms with E-state index in [9.17, 15) is 4.79 Å². The van der Waals surface area contributed by atoms with Gasteiger partial charge in [0.25, 0.3) is 0 Å². The Morgan fingerprint density at radius 1 is 1.32 bits per heavy atom. The summed E-state index contributed by atoms with van der Waals surface area (Å²) in [5.74, 6) is 0.351. The summed E-state index contributed by atoms with van der Waals surface area (Å²) in [5.41, 5.74) is 1.49. The van der Waals surface area contributed by atoms with Gasteiger partial charge in [0.15, 0.2) is 0 Å². The number of aliphatic hydroxyl groups excluding tert-OH is 1. The summed E-state index contributed by atoms with van der Waals surface area (Å²) < 4.78 is 14.1. The van der Waals surface area contributed by atoms with Crippen LogP contribution in [0.5, 0.6) is 5.75 Å². The zero-order valence-electron chi connectivity index (χ0n) is 10.2. The first-order valence-electron chi connectivity index (χ1n) is 5.62. The van der Waals surface area contributed by atoms with E-state index in [2.05, 4.69) is 19.7 Å². The predicted octanol–water partition coefficient (Wildman–Crippen LogP) is 1.76. The second-order valence-electron chi connectivity index (χ2n) is 3.53. The van der Waals surface area contributed by atoms with E-state index in [0.717, 1.165) is 0 Å². The van der Waals surface area contributed by atoms with E-state index in [1.807, 2.05) is 0 Å². The quantitative estimate of drug-likeness (QED) is 0.664. The van der Waals surface area contributed by atoms with Crippen LogP contribution < -0.4 is 4.74 Å². The van der Waals surface area contributed by atoms with Gasteiger partial charge in [0.2, 0.25) is 0 Å². The highest BCUT2D eigenvalue weighted by atomic mass is 16.7. The van der Waals surface area contributed by atoms with Crippen molar-refractivity contribution in [2.45, 2.75) is 13.5 Å². The second-order valence-corrected chi connectivity index (χ2v) is 3.53. The van der Waals surface area contributed by atoms with Crippen LogP contribution in [0.3, 0.4) is 0 Å². The van der Waals surface area contributed by atoms with E-state index in [4.69, 9.17) is 9.84 Å².